The maximum absolute atomic E-state index is 11.6. The van der Waals surface area contributed by atoms with Crippen molar-refractivity contribution < 1.29 is 9.59 Å². The Morgan fingerprint density at radius 1 is 0.357 bits per heavy atom. The average Bonchev–Trinajstić information content (AvgIpc) is 2.96. The van der Waals surface area contributed by atoms with Crippen molar-refractivity contribution in [2.45, 2.75) is 219 Å². The van der Waals surface area contributed by atoms with E-state index in [-0.39, 0.29) is 11.8 Å². The minimum atomic E-state index is -0.170. The molecule has 0 saturated carbocycles. The van der Waals surface area contributed by atoms with Crippen molar-refractivity contribution in [2.75, 3.05) is 0 Å². The van der Waals surface area contributed by atoms with Gasteiger partial charge in [-0.2, -0.15) is 0 Å². The van der Waals surface area contributed by atoms with E-state index in [0.717, 1.165) is 25.2 Å². The van der Waals surface area contributed by atoms with Crippen LogP contribution >= 0.6 is 0 Å². The lowest BCUT2D eigenvalue weighted by Crippen LogP contribution is -2.14. The maximum atomic E-state index is 11.6. The average molecular weight is 593 g/mol. The monoisotopic (exact) mass is 593 g/mol. The van der Waals surface area contributed by atoms with Crippen molar-refractivity contribution in [3.05, 3.63) is 0 Å². The second-order valence-electron chi connectivity index (χ2n) is 13.7. The van der Waals surface area contributed by atoms with Gasteiger partial charge in [0, 0.05) is 12.8 Å². The molecule has 0 aromatic rings. The first-order valence-electron chi connectivity index (χ1n) is 19.1. The van der Waals surface area contributed by atoms with Crippen LogP contribution in [0.5, 0.6) is 0 Å². The van der Waals surface area contributed by atoms with E-state index >= 15 is 0 Å². The number of rotatable bonds is 35. The molecule has 0 aliphatic carbocycles. The summed E-state index contributed by atoms with van der Waals surface area (Å²) in [5.74, 6) is 1.11. The van der Waals surface area contributed by atoms with E-state index in [0.29, 0.717) is 18.8 Å². The highest BCUT2D eigenvalue weighted by Gasteiger charge is 2.15. The fourth-order valence-corrected chi connectivity index (χ4v) is 6.61. The summed E-state index contributed by atoms with van der Waals surface area (Å²) in [5, 5.41) is 0. The van der Waals surface area contributed by atoms with Gasteiger partial charge in [-0.1, -0.05) is 194 Å². The lowest BCUT2D eigenvalue weighted by molar-refractivity contribution is -0.119. The van der Waals surface area contributed by atoms with Crippen LogP contribution in [0.4, 0.5) is 0 Å². The Hall–Kier alpha value is -1.06. The number of nitrogens with two attached hydrogens (primary N) is 2. The Kier molecular flexibility index (Phi) is 32.0. The van der Waals surface area contributed by atoms with Gasteiger partial charge in [0.2, 0.25) is 11.8 Å². The first kappa shape index (κ1) is 40.9. The summed E-state index contributed by atoms with van der Waals surface area (Å²) >= 11 is 0. The molecule has 4 heteroatoms. The molecule has 2 atom stereocenters. The van der Waals surface area contributed by atoms with E-state index in [1.807, 2.05) is 0 Å². The molecule has 42 heavy (non-hydrogen) atoms. The highest BCUT2D eigenvalue weighted by Crippen LogP contribution is 2.29. The Labute approximate surface area is 263 Å². The molecular weight excluding hydrogens is 516 g/mol. The fraction of sp³-hybridized carbons (Fsp3) is 0.947. The molecule has 0 aromatic carbocycles. The van der Waals surface area contributed by atoms with Crippen LogP contribution in [0.2, 0.25) is 0 Å². The smallest absolute Gasteiger partial charge is 0.217 e. The summed E-state index contributed by atoms with van der Waals surface area (Å²) in [6, 6.07) is 0. The number of amides is 2. The van der Waals surface area contributed by atoms with Crippen LogP contribution in [0.25, 0.3) is 0 Å². The number of unbranched alkanes of at least 4 members (excludes halogenated alkanes) is 21. The van der Waals surface area contributed by atoms with Gasteiger partial charge in [-0.05, 0) is 24.7 Å². The van der Waals surface area contributed by atoms with Crippen molar-refractivity contribution in [1.29, 1.82) is 0 Å². The van der Waals surface area contributed by atoms with E-state index in [4.69, 9.17) is 11.5 Å². The Balaban J connectivity index is 4.37. The second kappa shape index (κ2) is 32.8. The third-order valence-electron chi connectivity index (χ3n) is 9.50. The molecule has 4 nitrogen and oxygen atoms in total. The van der Waals surface area contributed by atoms with Gasteiger partial charge < -0.3 is 11.5 Å². The maximum Gasteiger partial charge on any atom is 0.217 e. The van der Waals surface area contributed by atoms with E-state index in [1.165, 1.54) is 173 Å². The zero-order valence-corrected chi connectivity index (χ0v) is 28.8. The molecule has 0 aliphatic rings. The molecule has 0 aromatic heterocycles. The summed E-state index contributed by atoms with van der Waals surface area (Å²) in [6.07, 6.45) is 40.8. The molecule has 2 unspecified atom stereocenters. The Bertz CT molecular complexity index is 579. The summed E-state index contributed by atoms with van der Waals surface area (Å²) in [4.78, 5) is 22.7. The summed E-state index contributed by atoms with van der Waals surface area (Å²) in [6.45, 7) is 4.57. The van der Waals surface area contributed by atoms with Gasteiger partial charge in [-0.15, -0.1) is 0 Å². The van der Waals surface area contributed by atoms with Gasteiger partial charge in [-0.25, -0.2) is 0 Å². The number of carbonyl (C=O) groups is 2. The van der Waals surface area contributed by atoms with Crippen LogP contribution in [0, 0.1) is 11.8 Å². The number of carbonyl (C=O) groups excluding carboxylic acids is 2. The van der Waals surface area contributed by atoms with E-state index in [2.05, 4.69) is 13.8 Å². The number of primary amides is 2. The van der Waals surface area contributed by atoms with Crippen LogP contribution in [-0.2, 0) is 9.59 Å². The molecule has 0 saturated heterocycles. The molecule has 0 aliphatic heterocycles. The highest BCUT2D eigenvalue weighted by atomic mass is 16.1. The first-order valence-corrected chi connectivity index (χ1v) is 19.1. The zero-order chi connectivity index (χ0) is 30.9. The Morgan fingerprint density at radius 3 is 0.976 bits per heavy atom. The number of hydrogen-bond donors (Lipinski definition) is 2. The quantitative estimate of drug-likeness (QED) is 0.0717. The standard InChI is InChI=1S/C38H76N2O2/c1-3-5-7-9-11-13-14-15-17-19-21-24-29-36(33-34-38(40)42)32-31-35(28-25-22-26-30-37(39)41)27-23-20-18-16-12-10-8-6-4-2/h35-36H,3-34H2,1-2H3,(H2,39,41)(H2,40,42). The molecule has 0 heterocycles. The van der Waals surface area contributed by atoms with Gasteiger partial charge in [0.25, 0.3) is 0 Å². The number of hydrogen-bond acceptors (Lipinski definition) is 2. The molecule has 0 rings (SSSR count). The lowest BCUT2D eigenvalue weighted by atomic mass is 9.84. The lowest BCUT2D eigenvalue weighted by Gasteiger charge is -2.22. The largest absolute Gasteiger partial charge is 0.370 e. The third-order valence-corrected chi connectivity index (χ3v) is 9.50. The molecule has 2 amide bonds. The van der Waals surface area contributed by atoms with Crippen molar-refractivity contribution in [2.24, 2.45) is 23.3 Å². The van der Waals surface area contributed by atoms with E-state index in [1.54, 1.807) is 0 Å². The van der Waals surface area contributed by atoms with Gasteiger partial charge in [0.1, 0.15) is 0 Å². The van der Waals surface area contributed by atoms with Crippen LogP contribution in [0.1, 0.15) is 219 Å². The van der Waals surface area contributed by atoms with Crippen LogP contribution < -0.4 is 11.5 Å². The molecule has 250 valence electrons. The first-order chi connectivity index (χ1) is 20.5. The second-order valence-corrected chi connectivity index (χ2v) is 13.7. The van der Waals surface area contributed by atoms with Crippen LogP contribution in [0.15, 0.2) is 0 Å². The molecular formula is C38H76N2O2. The van der Waals surface area contributed by atoms with Gasteiger partial charge in [0.05, 0.1) is 0 Å². The van der Waals surface area contributed by atoms with Crippen molar-refractivity contribution in [3.8, 4) is 0 Å². The molecule has 4 N–H and O–H groups in total. The third kappa shape index (κ3) is 31.9. The molecule has 0 radical (unpaired) electrons. The summed E-state index contributed by atoms with van der Waals surface area (Å²) in [5.41, 5.74) is 10.9. The van der Waals surface area contributed by atoms with Crippen molar-refractivity contribution >= 4 is 11.8 Å². The summed E-state index contributed by atoms with van der Waals surface area (Å²) < 4.78 is 0. The molecule has 0 spiro atoms. The highest BCUT2D eigenvalue weighted by molar-refractivity contribution is 5.73. The summed E-state index contributed by atoms with van der Waals surface area (Å²) in [7, 11) is 0. The van der Waals surface area contributed by atoms with Gasteiger partial charge in [0.15, 0.2) is 0 Å². The predicted octanol–water partition coefficient (Wildman–Crippen LogP) is 11.7. The zero-order valence-electron chi connectivity index (χ0n) is 28.8. The Morgan fingerprint density at radius 2 is 0.643 bits per heavy atom. The van der Waals surface area contributed by atoms with Gasteiger partial charge in [-0.3, -0.25) is 9.59 Å². The van der Waals surface area contributed by atoms with E-state index in [9.17, 15) is 9.59 Å². The van der Waals surface area contributed by atoms with Crippen LogP contribution in [-0.4, -0.2) is 11.8 Å². The topological polar surface area (TPSA) is 86.2 Å². The minimum absolute atomic E-state index is 0.143. The van der Waals surface area contributed by atoms with Crippen molar-refractivity contribution in [1.82, 2.24) is 0 Å². The minimum Gasteiger partial charge on any atom is -0.370 e. The fourth-order valence-electron chi connectivity index (χ4n) is 6.61. The predicted molar refractivity (Wildman–Crippen MR) is 184 cm³/mol. The van der Waals surface area contributed by atoms with Gasteiger partial charge >= 0.3 is 0 Å². The normalized spacial score (nSPS) is 12.9. The SMILES string of the molecule is CCCCCCCCCCCCCCC(CCC(N)=O)CCC(CCCCCCCCCCC)CCCCCC(N)=O. The molecule has 0 bridgehead atoms. The van der Waals surface area contributed by atoms with E-state index < -0.39 is 0 Å². The van der Waals surface area contributed by atoms with Crippen molar-refractivity contribution in [3.63, 3.8) is 0 Å². The van der Waals surface area contributed by atoms with Crippen LogP contribution in [0.3, 0.4) is 0 Å². The molecule has 0 fully saturated rings.